The van der Waals surface area contributed by atoms with Crippen LogP contribution < -0.4 is 14.8 Å². The number of ether oxygens (including phenoxy) is 2. The highest BCUT2D eigenvalue weighted by Gasteiger charge is 2.13. The number of rotatable bonds is 2. The van der Waals surface area contributed by atoms with E-state index in [-0.39, 0.29) is 6.79 Å². The monoisotopic (exact) mass is 208 g/mol. The fourth-order valence-electron chi connectivity index (χ4n) is 1.20. The first-order chi connectivity index (χ1) is 7.29. The molecule has 6 nitrogen and oxygen atoms in total. The van der Waals surface area contributed by atoms with Gasteiger partial charge >= 0.3 is 0 Å². The van der Waals surface area contributed by atoms with Gasteiger partial charge in [0.05, 0.1) is 0 Å². The third kappa shape index (κ3) is 1.98. The lowest BCUT2D eigenvalue weighted by molar-refractivity contribution is -0.110. The highest BCUT2D eigenvalue weighted by atomic mass is 16.7. The second-order valence-electron chi connectivity index (χ2n) is 2.80. The van der Waals surface area contributed by atoms with Crippen LogP contribution in [0.4, 0.5) is 5.69 Å². The minimum absolute atomic E-state index is 0.185. The van der Waals surface area contributed by atoms with Crippen molar-refractivity contribution >= 4 is 17.8 Å². The lowest BCUT2D eigenvalue weighted by Gasteiger charge is -2.02. The standard InChI is InChI=1S/C9H8N2O4/c12-9(4-10-13)11-6-1-2-7-8(3-6)15-5-14-7/h1-4,13H,5H2,(H,11,12)/b10-4+. The van der Waals surface area contributed by atoms with Gasteiger partial charge in [0.15, 0.2) is 11.5 Å². The minimum atomic E-state index is -0.517. The van der Waals surface area contributed by atoms with Crippen molar-refractivity contribution in [2.24, 2.45) is 5.16 Å². The summed E-state index contributed by atoms with van der Waals surface area (Å²) in [6.45, 7) is 0.185. The number of benzene rings is 1. The minimum Gasteiger partial charge on any atom is -0.454 e. The van der Waals surface area contributed by atoms with E-state index in [1.165, 1.54) is 0 Å². The molecular weight excluding hydrogens is 200 g/mol. The van der Waals surface area contributed by atoms with E-state index in [0.29, 0.717) is 17.2 Å². The molecule has 2 N–H and O–H groups in total. The Morgan fingerprint density at radius 3 is 3.07 bits per heavy atom. The van der Waals surface area contributed by atoms with Gasteiger partial charge in [0.25, 0.3) is 5.91 Å². The van der Waals surface area contributed by atoms with Gasteiger partial charge in [0, 0.05) is 11.8 Å². The van der Waals surface area contributed by atoms with Crippen LogP contribution in [0.3, 0.4) is 0 Å². The van der Waals surface area contributed by atoms with Crippen LogP contribution in [0.2, 0.25) is 0 Å². The number of amides is 1. The van der Waals surface area contributed by atoms with Crippen LogP contribution in [0.5, 0.6) is 11.5 Å². The molecule has 15 heavy (non-hydrogen) atoms. The summed E-state index contributed by atoms with van der Waals surface area (Å²) in [4.78, 5) is 11.0. The molecule has 1 heterocycles. The Labute approximate surface area is 85.1 Å². The van der Waals surface area contributed by atoms with Crippen LogP contribution >= 0.6 is 0 Å². The fraction of sp³-hybridized carbons (Fsp3) is 0.111. The molecule has 0 unspecified atom stereocenters. The van der Waals surface area contributed by atoms with Gasteiger partial charge < -0.3 is 20.0 Å². The predicted octanol–water partition coefficient (Wildman–Crippen LogP) is 0.814. The zero-order chi connectivity index (χ0) is 10.7. The number of hydrogen-bond donors (Lipinski definition) is 2. The van der Waals surface area contributed by atoms with Crippen molar-refractivity contribution in [3.63, 3.8) is 0 Å². The van der Waals surface area contributed by atoms with Crippen molar-refractivity contribution in [2.75, 3.05) is 12.1 Å². The summed E-state index contributed by atoms with van der Waals surface area (Å²) < 4.78 is 10.2. The molecule has 2 rings (SSSR count). The summed E-state index contributed by atoms with van der Waals surface area (Å²) in [7, 11) is 0. The molecule has 0 atom stereocenters. The fourth-order valence-corrected chi connectivity index (χ4v) is 1.20. The topological polar surface area (TPSA) is 80.2 Å². The second kappa shape index (κ2) is 3.87. The van der Waals surface area contributed by atoms with E-state index in [9.17, 15) is 4.79 Å². The number of hydrogen-bond acceptors (Lipinski definition) is 5. The van der Waals surface area contributed by atoms with E-state index in [1.54, 1.807) is 18.2 Å². The van der Waals surface area contributed by atoms with Crippen LogP contribution in [0.1, 0.15) is 0 Å². The van der Waals surface area contributed by atoms with Crippen molar-refractivity contribution in [1.82, 2.24) is 0 Å². The summed E-state index contributed by atoms with van der Waals surface area (Å²) in [5, 5.41) is 13.2. The van der Waals surface area contributed by atoms with E-state index in [0.717, 1.165) is 6.21 Å². The zero-order valence-electron chi connectivity index (χ0n) is 7.64. The molecule has 0 bridgehead atoms. The number of carbonyl (C=O) groups is 1. The summed E-state index contributed by atoms with van der Waals surface area (Å²) in [6, 6.07) is 4.98. The van der Waals surface area contributed by atoms with Crippen LogP contribution in [-0.4, -0.2) is 24.1 Å². The van der Waals surface area contributed by atoms with Gasteiger partial charge in [-0.25, -0.2) is 0 Å². The van der Waals surface area contributed by atoms with E-state index in [1.807, 2.05) is 0 Å². The summed E-state index contributed by atoms with van der Waals surface area (Å²) in [5.74, 6) is 0.703. The Bertz CT molecular complexity index is 417. The number of fused-ring (bicyclic) bond motifs is 1. The maximum Gasteiger partial charge on any atom is 0.270 e. The van der Waals surface area contributed by atoms with Crippen LogP contribution in [0, 0.1) is 0 Å². The van der Waals surface area contributed by atoms with Gasteiger partial charge in [-0.1, -0.05) is 5.16 Å². The summed E-state index contributed by atoms with van der Waals surface area (Å²) >= 11 is 0. The van der Waals surface area contributed by atoms with Gasteiger partial charge in [0.1, 0.15) is 6.21 Å². The van der Waals surface area contributed by atoms with Gasteiger partial charge in [0.2, 0.25) is 6.79 Å². The molecule has 0 aromatic heterocycles. The maximum absolute atomic E-state index is 11.0. The third-order valence-electron chi connectivity index (χ3n) is 1.82. The summed E-state index contributed by atoms with van der Waals surface area (Å²) in [6.07, 6.45) is 0.768. The van der Waals surface area contributed by atoms with Gasteiger partial charge in [-0.15, -0.1) is 0 Å². The molecule has 1 aliphatic heterocycles. The molecule has 1 amide bonds. The molecule has 6 heteroatoms. The van der Waals surface area contributed by atoms with Gasteiger partial charge in [-0.2, -0.15) is 0 Å². The molecule has 0 fully saturated rings. The van der Waals surface area contributed by atoms with Crippen molar-refractivity contribution in [3.05, 3.63) is 18.2 Å². The lowest BCUT2D eigenvalue weighted by Crippen LogP contribution is -2.12. The van der Waals surface area contributed by atoms with E-state index in [2.05, 4.69) is 10.5 Å². The molecule has 1 aromatic rings. The molecular formula is C9H8N2O4. The molecule has 0 aliphatic carbocycles. The van der Waals surface area contributed by atoms with Gasteiger partial charge in [-0.05, 0) is 12.1 Å². The third-order valence-corrected chi connectivity index (χ3v) is 1.82. The smallest absolute Gasteiger partial charge is 0.270 e. The highest BCUT2D eigenvalue weighted by Crippen LogP contribution is 2.34. The molecule has 0 saturated carbocycles. The average Bonchev–Trinajstić information content (AvgIpc) is 2.65. The average molecular weight is 208 g/mol. The van der Waals surface area contributed by atoms with E-state index >= 15 is 0 Å². The van der Waals surface area contributed by atoms with Crippen LogP contribution in [-0.2, 0) is 4.79 Å². The normalized spacial score (nSPS) is 13.1. The van der Waals surface area contributed by atoms with Crippen LogP contribution in [0.25, 0.3) is 0 Å². The maximum atomic E-state index is 11.0. The Kier molecular flexibility index (Phi) is 2.40. The quantitative estimate of drug-likeness (QED) is 0.428. The number of carbonyl (C=O) groups excluding carboxylic acids is 1. The molecule has 1 aliphatic rings. The first-order valence-electron chi connectivity index (χ1n) is 4.17. The van der Waals surface area contributed by atoms with Crippen LogP contribution in [0.15, 0.2) is 23.4 Å². The Hall–Kier alpha value is -2.24. The van der Waals surface area contributed by atoms with Crippen molar-refractivity contribution in [2.45, 2.75) is 0 Å². The predicted molar refractivity (Wildman–Crippen MR) is 51.5 cm³/mol. The number of anilines is 1. The zero-order valence-corrected chi connectivity index (χ0v) is 7.64. The molecule has 1 aromatic carbocycles. The Morgan fingerprint density at radius 2 is 2.27 bits per heavy atom. The number of nitrogens with one attached hydrogen (secondary N) is 1. The Balaban J connectivity index is 2.13. The first kappa shape index (κ1) is 9.32. The SMILES string of the molecule is O=C(/C=N/O)Nc1ccc2c(c1)OCO2. The van der Waals surface area contributed by atoms with Crippen molar-refractivity contribution < 1.29 is 19.5 Å². The van der Waals surface area contributed by atoms with E-state index in [4.69, 9.17) is 14.7 Å². The molecule has 0 spiro atoms. The van der Waals surface area contributed by atoms with Crippen molar-refractivity contribution in [3.8, 4) is 11.5 Å². The largest absolute Gasteiger partial charge is 0.454 e. The Morgan fingerprint density at radius 1 is 1.47 bits per heavy atom. The lowest BCUT2D eigenvalue weighted by atomic mass is 10.3. The molecule has 78 valence electrons. The van der Waals surface area contributed by atoms with Gasteiger partial charge in [-0.3, -0.25) is 4.79 Å². The summed E-state index contributed by atoms with van der Waals surface area (Å²) in [5.41, 5.74) is 0.546. The first-order valence-corrected chi connectivity index (χ1v) is 4.17. The number of nitrogens with zero attached hydrogens (tertiary/aromatic N) is 1. The molecule has 0 saturated heterocycles. The second-order valence-corrected chi connectivity index (χ2v) is 2.80. The van der Waals surface area contributed by atoms with E-state index < -0.39 is 5.91 Å². The highest BCUT2D eigenvalue weighted by molar-refractivity contribution is 6.31. The number of oxime groups is 1. The van der Waals surface area contributed by atoms with Crippen molar-refractivity contribution in [1.29, 1.82) is 0 Å². The molecule has 0 radical (unpaired) electrons.